The molecule has 1 heterocycles. The van der Waals surface area contributed by atoms with Gasteiger partial charge in [-0.2, -0.15) is 0 Å². The molecule has 0 aromatic carbocycles. The molecule has 0 spiro atoms. The summed E-state index contributed by atoms with van der Waals surface area (Å²) < 4.78 is 59.8. The first-order chi connectivity index (χ1) is 10.4. The summed E-state index contributed by atoms with van der Waals surface area (Å²) in [4.78, 5) is 0. The Hall–Kier alpha value is -0.0116. The second-order valence-electron chi connectivity index (χ2n) is 5.27. The van der Waals surface area contributed by atoms with Crippen molar-refractivity contribution in [3.8, 4) is 0 Å². The van der Waals surface area contributed by atoms with Gasteiger partial charge in [0.15, 0.2) is 0 Å². The van der Waals surface area contributed by atoms with Crippen molar-refractivity contribution in [3.05, 3.63) is 0 Å². The van der Waals surface area contributed by atoms with Crippen LogP contribution in [0, 0.1) is 0 Å². The first kappa shape index (κ1) is 21.0. The van der Waals surface area contributed by atoms with Crippen LogP contribution >= 0.6 is 0 Å². The predicted octanol–water partition coefficient (Wildman–Crippen LogP) is -2.22. The van der Waals surface area contributed by atoms with Gasteiger partial charge in [-0.1, -0.05) is 0 Å². The van der Waals surface area contributed by atoms with Crippen LogP contribution in [-0.4, -0.2) is 92.6 Å². The molecular weight excluding hydrogens is 403 g/mol. The van der Waals surface area contributed by atoms with Gasteiger partial charge >= 0.3 is 136 Å². The quantitative estimate of drug-likeness (QED) is 0.234. The summed E-state index contributed by atoms with van der Waals surface area (Å²) in [5, 5.41) is 29.0. The number of hydrogen-bond donors (Lipinski definition) is 4. The Labute approximate surface area is 136 Å². The van der Waals surface area contributed by atoms with Crippen molar-refractivity contribution in [1.29, 1.82) is 0 Å². The fourth-order valence-corrected chi connectivity index (χ4v) is 3.05. The zero-order chi connectivity index (χ0) is 17.8. The molecule has 4 N–H and O–H groups in total. The SMILES string of the molecule is C[As](C)(=O)OC[C@H]1O[C@@H](OCC(O)COS(=O)(=O)O)[C@H](O)[C@@H]1O. The summed E-state index contributed by atoms with van der Waals surface area (Å²) in [7, 11) is -4.68. The second-order valence-corrected chi connectivity index (χ2v) is 12.2. The molecule has 11 nitrogen and oxygen atoms in total. The van der Waals surface area contributed by atoms with Crippen molar-refractivity contribution in [1.82, 2.24) is 0 Å². The zero-order valence-electron chi connectivity index (χ0n) is 12.5. The van der Waals surface area contributed by atoms with Crippen LogP contribution in [0.1, 0.15) is 0 Å². The minimum absolute atomic E-state index is 0.198. The second kappa shape index (κ2) is 8.38. The number of hydrogen-bond acceptors (Lipinski definition) is 10. The molecule has 138 valence electrons. The van der Waals surface area contributed by atoms with Crippen LogP contribution in [0.3, 0.4) is 0 Å². The van der Waals surface area contributed by atoms with Crippen molar-refractivity contribution >= 4 is 24.2 Å². The predicted molar refractivity (Wildman–Crippen MR) is 74.3 cm³/mol. The van der Waals surface area contributed by atoms with Crippen LogP contribution in [0.15, 0.2) is 0 Å². The average Bonchev–Trinajstić information content (AvgIpc) is 2.67. The van der Waals surface area contributed by atoms with E-state index in [1.165, 1.54) is 11.4 Å². The van der Waals surface area contributed by atoms with Crippen LogP contribution in [0.25, 0.3) is 0 Å². The molecule has 5 atom stereocenters. The maximum absolute atomic E-state index is 11.5. The Kier molecular flexibility index (Phi) is 7.67. The third-order valence-corrected chi connectivity index (χ3v) is 4.78. The van der Waals surface area contributed by atoms with E-state index < -0.39 is 68.1 Å². The van der Waals surface area contributed by atoms with Gasteiger partial charge in [-0.25, -0.2) is 0 Å². The summed E-state index contributed by atoms with van der Waals surface area (Å²) in [5.74, 6) is 0. The van der Waals surface area contributed by atoms with E-state index in [1.54, 1.807) is 0 Å². The van der Waals surface area contributed by atoms with E-state index in [0.717, 1.165) is 0 Å². The van der Waals surface area contributed by atoms with E-state index >= 15 is 0 Å². The molecule has 1 saturated heterocycles. The van der Waals surface area contributed by atoms with E-state index in [0.29, 0.717) is 0 Å². The summed E-state index contributed by atoms with van der Waals surface area (Å²) in [6.07, 6.45) is -6.45. The molecule has 23 heavy (non-hydrogen) atoms. The van der Waals surface area contributed by atoms with Crippen LogP contribution in [0.4, 0.5) is 0 Å². The van der Waals surface area contributed by atoms with Gasteiger partial charge in [0.25, 0.3) is 0 Å². The summed E-state index contributed by atoms with van der Waals surface area (Å²) >= 11 is -3.39. The van der Waals surface area contributed by atoms with Crippen molar-refractivity contribution in [3.63, 3.8) is 0 Å². The number of ether oxygens (including phenoxy) is 2. The average molecular weight is 424 g/mol. The molecule has 1 unspecified atom stereocenters. The minimum atomic E-state index is -4.68. The number of aliphatic hydroxyl groups excluding tert-OH is 3. The van der Waals surface area contributed by atoms with Crippen molar-refractivity contribution in [2.75, 3.05) is 19.8 Å². The van der Waals surface area contributed by atoms with Crippen LogP contribution in [0.2, 0.25) is 11.4 Å². The first-order valence-corrected chi connectivity index (χ1v) is 13.2. The normalized spacial score (nSPS) is 30.5. The topological polar surface area (TPSA) is 169 Å². The van der Waals surface area contributed by atoms with Gasteiger partial charge in [0.05, 0.1) is 0 Å². The zero-order valence-corrected chi connectivity index (χ0v) is 15.2. The molecule has 0 radical (unpaired) electrons. The Balaban J connectivity index is 2.41. The van der Waals surface area contributed by atoms with Gasteiger partial charge in [0.2, 0.25) is 0 Å². The molecule has 0 saturated carbocycles. The van der Waals surface area contributed by atoms with E-state index in [-0.39, 0.29) is 6.61 Å². The third-order valence-electron chi connectivity index (χ3n) is 2.73. The van der Waals surface area contributed by atoms with Gasteiger partial charge in [-0.15, -0.1) is 0 Å². The maximum atomic E-state index is 11.5. The van der Waals surface area contributed by atoms with E-state index in [9.17, 15) is 27.5 Å². The Morgan fingerprint density at radius 1 is 1.22 bits per heavy atom. The van der Waals surface area contributed by atoms with E-state index in [1.807, 2.05) is 0 Å². The number of rotatable bonds is 9. The Morgan fingerprint density at radius 2 is 1.83 bits per heavy atom. The van der Waals surface area contributed by atoms with Gasteiger partial charge in [0, 0.05) is 0 Å². The van der Waals surface area contributed by atoms with Crippen molar-refractivity contribution < 1.29 is 49.4 Å². The third kappa shape index (κ3) is 8.07. The molecule has 1 aliphatic heterocycles. The molecule has 0 aromatic rings. The van der Waals surface area contributed by atoms with Gasteiger partial charge in [-0.05, 0) is 0 Å². The fraction of sp³-hybridized carbons (Fsp3) is 1.00. The summed E-state index contributed by atoms with van der Waals surface area (Å²) in [6, 6.07) is 0. The summed E-state index contributed by atoms with van der Waals surface area (Å²) in [6.45, 7) is -1.44. The van der Waals surface area contributed by atoms with Crippen LogP contribution in [0.5, 0.6) is 0 Å². The molecule has 1 fully saturated rings. The molecule has 0 aliphatic carbocycles. The van der Waals surface area contributed by atoms with Gasteiger partial charge in [-0.3, -0.25) is 0 Å². The molecule has 1 aliphatic rings. The van der Waals surface area contributed by atoms with E-state index in [2.05, 4.69) is 4.18 Å². The molecule has 1 rings (SSSR count). The molecular formula is C10H21AsO11S. The van der Waals surface area contributed by atoms with Gasteiger partial charge in [0.1, 0.15) is 0 Å². The molecule has 0 bridgehead atoms. The fourth-order valence-electron chi connectivity index (χ4n) is 1.66. The van der Waals surface area contributed by atoms with Crippen LogP contribution in [-0.2, 0) is 31.5 Å². The Bertz CT molecular complexity index is 517. The molecule has 0 amide bonds. The van der Waals surface area contributed by atoms with E-state index in [4.69, 9.17) is 17.8 Å². The van der Waals surface area contributed by atoms with Crippen molar-refractivity contribution in [2.45, 2.75) is 42.1 Å². The number of aliphatic hydroxyl groups is 3. The standard InChI is InChI=1S/C10H21AsO11S/c1-11(2,15)20-5-7-8(13)9(14)10(22-7)19-3-6(12)4-21-23(16,17)18/h6-10,12-14H,3-5H2,1-2H3,(H,16,17,18)/t6?,7-,8-,9-,10-/m1/s1. The van der Waals surface area contributed by atoms with Gasteiger partial charge < -0.3 is 0 Å². The van der Waals surface area contributed by atoms with Crippen molar-refractivity contribution in [2.24, 2.45) is 0 Å². The Morgan fingerprint density at radius 3 is 2.35 bits per heavy atom. The molecule has 13 heteroatoms. The monoisotopic (exact) mass is 424 g/mol. The van der Waals surface area contributed by atoms with Crippen LogP contribution < -0.4 is 0 Å². The summed E-state index contributed by atoms with van der Waals surface area (Å²) in [5.41, 5.74) is 2.88. The first-order valence-electron chi connectivity index (χ1n) is 6.51. The molecule has 0 aromatic heterocycles.